The third-order valence-corrected chi connectivity index (χ3v) is 4.42. The largest absolute Gasteiger partial charge is 0.374 e. The SMILES string of the molecule is CC(OCCCNC(=O)c1nn(C)c(=O)c2ccccc12)c1ccccc1. The summed E-state index contributed by atoms with van der Waals surface area (Å²) in [6.07, 6.45) is 0.697. The van der Waals surface area contributed by atoms with Gasteiger partial charge in [-0.25, -0.2) is 4.68 Å². The van der Waals surface area contributed by atoms with E-state index in [1.54, 1.807) is 31.3 Å². The van der Waals surface area contributed by atoms with E-state index >= 15 is 0 Å². The maximum atomic E-state index is 12.5. The van der Waals surface area contributed by atoms with Crippen molar-refractivity contribution in [3.05, 3.63) is 76.2 Å². The van der Waals surface area contributed by atoms with Gasteiger partial charge >= 0.3 is 0 Å². The molecule has 0 aliphatic rings. The molecule has 0 aliphatic heterocycles. The Kier molecular flexibility index (Phi) is 5.98. The lowest BCUT2D eigenvalue weighted by atomic mass is 10.1. The minimum absolute atomic E-state index is 0.0103. The third kappa shape index (κ3) is 4.41. The molecule has 27 heavy (non-hydrogen) atoms. The molecular weight excluding hydrogens is 342 g/mol. The summed E-state index contributed by atoms with van der Waals surface area (Å²) in [5.74, 6) is -0.294. The number of nitrogens with zero attached hydrogens (tertiary/aromatic N) is 2. The monoisotopic (exact) mass is 365 g/mol. The average Bonchev–Trinajstić information content (AvgIpc) is 2.70. The Morgan fingerprint density at radius 3 is 2.52 bits per heavy atom. The Labute approximate surface area is 157 Å². The summed E-state index contributed by atoms with van der Waals surface area (Å²) in [7, 11) is 1.55. The molecule has 0 fully saturated rings. The number of benzene rings is 2. The number of carbonyl (C=O) groups is 1. The lowest BCUT2D eigenvalue weighted by molar-refractivity contribution is 0.0634. The first kappa shape index (κ1) is 18.8. The van der Waals surface area contributed by atoms with Crippen molar-refractivity contribution in [1.29, 1.82) is 0 Å². The molecule has 3 aromatic rings. The van der Waals surface area contributed by atoms with Gasteiger partial charge in [0.05, 0.1) is 11.5 Å². The maximum Gasteiger partial charge on any atom is 0.274 e. The van der Waals surface area contributed by atoms with Gasteiger partial charge in [-0.15, -0.1) is 0 Å². The Morgan fingerprint density at radius 2 is 1.78 bits per heavy atom. The van der Waals surface area contributed by atoms with Crippen LogP contribution in [-0.2, 0) is 11.8 Å². The van der Waals surface area contributed by atoms with E-state index in [-0.39, 0.29) is 23.3 Å². The van der Waals surface area contributed by atoms with Crippen LogP contribution in [0.4, 0.5) is 0 Å². The molecule has 3 rings (SSSR count). The first-order chi connectivity index (χ1) is 13.1. The molecule has 0 radical (unpaired) electrons. The number of nitrogens with one attached hydrogen (secondary N) is 1. The summed E-state index contributed by atoms with van der Waals surface area (Å²) in [4.78, 5) is 24.6. The topological polar surface area (TPSA) is 73.2 Å². The molecule has 1 aromatic heterocycles. The van der Waals surface area contributed by atoms with E-state index in [1.807, 2.05) is 37.3 Å². The first-order valence-corrected chi connectivity index (χ1v) is 8.98. The summed E-state index contributed by atoms with van der Waals surface area (Å²) < 4.78 is 7.00. The average molecular weight is 365 g/mol. The minimum Gasteiger partial charge on any atom is -0.374 e. The van der Waals surface area contributed by atoms with Crippen molar-refractivity contribution in [3.8, 4) is 0 Å². The van der Waals surface area contributed by atoms with Crippen LogP contribution in [0.1, 0.15) is 35.5 Å². The van der Waals surface area contributed by atoms with Gasteiger partial charge in [-0.3, -0.25) is 9.59 Å². The minimum atomic E-state index is -0.294. The lowest BCUT2D eigenvalue weighted by Crippen LogP contribution is -2.30. The van der Waals surface area contributed by atoms with E-state index in [1.165, 1.54) is 4.68 Å². The normalized spacial score (nSPS) is 12.1. The molecule has 1 heterocycles. The standard InChI is InChI=1S/C21H23N3O3/c1-15(16-9-4-3-5-10-16)27-14-8-13-22-20(25)19-17-11-6-7-12-18(17)21(26)24(2)23-19/h3-7,9-12,15H,8,13-14H2,1-2H3,(H,22,25). The van der Waals surface area contributed by atoms with Crippen LogP contribution in [0, 0.1) is 0 Å². The van der Waals surface area contributed by atoms with Crippen LogP contribution in [0.2, 0.25) is 0 Å². The summed E-state index contributed by atoms with van der Waals surface area (Å²) >= 11 is 0. The van der Waals surface area contributed by atoms with Gasteiger partial charge in [0.25, 0.3) is 11.5 Å². The highest BCUT2D eigenvalue weighted by Crippen LogP contribution is 2.16. The second-order valence-electron chi connectivity index (χ2n) is 6.36. The van der Waals surface area contributed by atoms with Gasteiger partial charge in [0.2, 0.25) is 0 Å². The molecule has 0 saturated heterocycles. The number of carbonyl (C=O) groups excluding carboxylic acids is 1. The zero-order chi connectivity index (χ0) is 19.2. The van der Waals surface area contributed by atoms with Crippen LogP contribution in [0.25, 0.3) is 10.8 Å². The van der Waals surface area contributed by atoms with Gasteiger partial charge in [-0.2, -0.15) is 5.10 Å². The third-order valence-electron chi connectivity index (χ3n) is 4.42. The molecule has 0 saturated carbocycles. The number of fused-ring (bicyclic) bond motifs is 1. The van der Waals surface area contributed by atoms with Gasteiger partial charge in [-0.1, -0.05) is 48.5 Å². The number of aromatic nitrogens is 2. The van der Waals surface area contributed by atoms with Crippen molar-refractivity contribution in [2.45, 2.75) is 19.4 Å². The van der Waals surface area contributed by atoms with E-state index in [4.69, 9.17) is 4.74 Å². The Morgan fingerprint density at radius 1 is 1.11 bits per heavy atom. The second-order valence-corrected chi connectivity index (χ2v) is 6.36. The predicted octanol–water partition coefficient (Wildman–Crippen LogP) is 2.83. The summed E-state index contributed by atoms with van der Waals surface area (Å²) in [6, 6.07) is 17.0. The van der Waals surface area contributed by atoms with E-state index in [2.05, 4.69) is 10.4 Å². The molecule has 6 heteroatoms. The molecule has 6 nitrogen and oxygen atoms in total. The van der Waals surface area contributed by atoms with Gasteiger partial charge in [0.1, 0.15) is 0 Å². The van der Waals surface area contributed by atoms with Crippen LogP contribution in [0.3, 0.4) is 0 Å². The fraction of sp³-hybridized carbons (Fsp3) is 0.286. The number of aryl methyl sites for hydroxylation is 1. The summed E-state index contributed by atoms with van der Waals surface area (Å²) in [6.45, 7) is 3.02. The van der Waals surface area contributed by atoms with Crippen molar-refractivity contribution in [3.63, 3.8) is 0 Å². The van der Waals surface area contributed by atoms with E-state index < -0.39 is 0 Å². The highest BCUT2D eigenvalue weighted by Gasteiger charge is 2.15. The van der Waals surface area contributed by atoms with E-state index in [0.29, 0.717) is 30.3 Å². The Bertz CT molecular complexity index is 983. The number of hydrogen-bond donors (Lipinski definition) is 1. The van der Waals surface area contributed by atoms with Gasteiger partial charge in [0.15, 0.2) is 5.69 Å². The quantitative estimate of drug-likeness (QED) is 0.654. The Balaban J connectivity index is 1.55. The van der Waals surface area contributed by atoms with Crippen molar-refractivity contribution >= 4 is 16.7 Å². The van der Waals surface area contributed by atoms with Crippen LogP contribution in [0.15, 0.2) is 59.4 Å². The van der Waals surface area contributed by atoms with Gasteiger partial charge in [-0.05, 0) is 25.0 Å². The second kappa shape index (κ2) is 8.60. The fourth-order valence-corrected chi connectivity index (χ4v) is 2.91. The summed E-state index contributed by atoms with van der Waals surface area (Å²) in [5, 5.41) is 8.03. The summed E-state index contributed by atoms with van der Waals surface area (Å²) in [5.41, 5.74) is 1.17. The molecule has 0 aliphatic carbocycles. The van der Waals surface area contributed by atoms with E-state index in [9.17, 15) is 9.59 Å². The fourth-order valence-electron chi connectivity index (χ4n) is 2.91. The molecule has 0 bridgehead atoms. The predicted molar refractivity (Wildman–Crippen MR) is 105 cm³/mol. The molecule has 0 spiro atoms. The van der Waals surface area contributed by atoms with Crippen LogP contribution >= 0.6 is 0 Å². The van der Waals surface area contributed by atoms with Gasteiger partial charge < -0.3 is 10.1 Å². The Hall–Kier alpha value is -2.99. The zero-order valence-electron chi connectivity index (χ0n) is 15.5. The van der Waals surface area contributed by atoms with Crippen LogP contribution in [-0.4, -0.2) is 28.8 Å². The van der Waals surface area contributed by atoms with Gasteiger partial charge in [0, 0.05) is 25.6 Å². The molecule has 1 amide bonds. The van der Waals surface area contributed by atoms with Crippen molar-refractivity contribution in [2.24, 2.45) is 7.05 Å². The first-order valence-electron chi connectivity index (χ1n) is 8.98. The molecule has 1 atom stereocenters. The van der Waals surface area contributed by atoms with E-state index in [0.717, 1.165) is 5.56 Å². The highest BCUT2D eigenvalue weighted by molar-refractivity contribution is 6.04. The molecule has 2 aromatic carbocycles. The molecule has 1 N–H and O–H groups in total. The van der Waals surface area contributed by atoms with Crippen molar-refractivity contribution in [2.75, 3.05) is 13.2 Å². The van der Waals surface area contributed by atoms with Crippen molar-refractivity contribution in [1.82, 2.24) is 15.1 Å². The molecule has 140 valence electrons. The lowest BCUT2D eigenvalue weighted by Gasteiger charge is -2.13. The highest BCUT2D eigenvalue weighted by atomic mass is 16.5. The molecular formula is C21H23N3O3. The number of amides is 1. The van der Waals surface area contributed by atoms with Crippen molar-refractivity contribution < 1.29 is 9.53 Å². The maximum absolute atomic E-state index is 12.5. The molecule has 1 unspecified atom stereocenters. The smallest absolute Gasteiger partial charge is 0.274 e. The number of ether oxygens (including phenoxy) is 1. The van der Waals surface area contributed by atoms with Crippen LogP contribution in [0.5, 0.6) is 0 Å². The zero-order valence-corrected chi connectivity index (χ0v) is 15.5. The number of rotatable bonds is 7. The number of hydrogen-bond acceptors (Lipinski definition) is 4. The van der Waals surface area contributed by atoms with Crippen LogP contribution < -0.4 is 10.9 Å².